The van der Waals surface area contributed by atoms with E-state index < -0.39 is 0 Å². The highest BCUT2D eigenvalue weighted by Crippen LogP contribution is 2.13. The molecule has 148 valence electrons. The molecule has 0 rings (SSSR count). The molecule has 0 atom stereocenters. The molecule has 0 radical (unpaired) electrons. The van der Waals surface area contributed by atoms with Crippen LogP contribution in [0.4, 0.5) is 0 Å². The van der Waals surface area contributed by atoms with Crippen LogP contribution in [0, 0.1) is 0 Å². The first-order chi connectivity index (χ1) is 12.4. The summed E-state index contributed by atoms with van der Waals surface area (Å²) in [5.41, 5.74) is 0. The van der Waals surface area contributed by atoms with Crippen LogP contribution in [0.1, 0.15) is 135 Å². The van der Waals surface area contributed by atoms with E-state index in [-0.39, 0.29) is 0 Å². The van der Waals surface area contributed by atoms with Gasteiger partial charge in [-0.05, 0) is 32.1 Å². The Morgan fingerprint density at radius 3 is 1.12 bits per heavy atom. The van der Waals surface area contributed by atoms with Crippen molar-refractivity contribution in [2.24, 2.45) is 0 Å². The summed E-state index contributed by atoms with van der Waals surface area (Å²) in [4.78, 5) is 10.2. The van der Waals surface area contributed by atoms with E-state index in [1.165, 1.54) is 116 Å². The van der Waals surface area contributed by atoms with Crippen LogP contribution in [0.15, 0.2) is 12.2 Å². The highest BCUT2D eigenvalue weighted by molar-refractivity contribution is 5.48. The molecular formula is C24H46O. The average molecular weight is 351 g/mol. The van der Waals surface area contributed by atoms with Gasteiger partial charge in [0.1, 0.15) is 6.29 Å². The number of unbranched alkanes of at least 4 members (excludes halogenated alkanes) is 18. The van der Waals surface area contributed by atoms with E-state index in [2.05, 4.69) is 19.1 Å². The number of carbonyl (C=O) groups excluding carboxylic acids is 1. The molecule has 0 aromatic carbocycles. The summed E-state index contributed by atoms with van der Waals surface area (Å²) in [7, 11) is 0. The van der Waals surface area contributed by atoms with Crippen LogP contribution in [0.5, 0.6) is 0 Å². The summed E-state index contributed by atoms with van der Waals surface area (Å²) in [5.74, 6) is 0. The molecule has 0 amide bonds. The van der Waals surface area contributed by atoms with Crippen LogP contribution in [0.25, 0.3) is 0 Å². The Balaban J connectivity index is 3.02. The molecule has 0 saturated carbocycles. The van der Waals surface area contributed by atoms with Gasteiger partial charge < -0.3 is 4.79 Å². The molecule has 0 saturated heterocycles. The number of hydrogen-bond acceptors (Lipinski definition) is 1. The van der Waals surface area contributed by atoms with Crippen LogP contribution in [-0.4, -0.2) is 6.29 Å². The smallest absolute Gasteiger partial charge is 0.119 e. The number of aldehydes is 1. The van der Waals surface area contributed by atoms with Gasteiger partial charge in [-0.2, -0.15) is 0 Å². The largest absolute Gasteiger partial charge is 0.303 e. The Labute approximate surface area is 159 Å². The molecule has 0 fully saturated rings. The summed E-state index contributed by atoms with van der Waals surface area (Å²) in [6, 6.07) is 0. The Morgan fingerprint density at radius 2 is 0.760 bits per heavy atom. The van der Waals surface area contributed by atoms with E-state index in [1.807, 2.05) is 0 Å². The molecule has 0 aliphatic carbocycles. The SMILES string of the molecule is CCCCCCC=CCCCCCCCCCCCCCCCC=O. The normalized spacial score (nSPS) is 11.4. The zero-order valence-corrected chi connectivity index (χ0v) is 17.3. The lowest BCUT2D eigenvalue weighted by atomic mass is 10.0. The van der Waals surface area contributed by atoms with Crippen molar-refractivity contribution < 1.29 is 4.79 Å². The molecule has 0 N–H and O–H groups in total. The second-order valence-electron chi connectivity index (χ2n) is 7.66. The van der Waals surface area contributed by atoms with Crippen molar-refractivity contribution in [2.75, 3.05) is 0 Å². The third kappa shape index (κ3) is 23.4. The quantitative estimate of drug-likeness (QED) is 0.115. The van der Waals surface area contributed by atoms with Crippen molar-refractivity contribution in [3.63, 3.8) is 0 Å². The van der Waals surface area contributed by atoms with Gasteiger partial charge in [0.15, 0.2) is 0 Å². The molecule has 1 heteroatoms. The highest BCUT2D eigenvalue weighted by Gasteiger charge is 1.94. The minimum Gasteiger partial charge on any atom is -0.303 e. The van der Waals surface area contributed by atoms with Gasteiger partial charge >= 0.3 is 0 Å². The molecule has 0 aromatic rings. The molecule has 0 bridgehead atoms. The average Bonchev–Trinajstić information content (AvgIpc) is 2.63. The van der Waals surface area contributed by atoms with Crippen molar-refractivity contribution in [3.8, 4) is 0 Å². The lowest BCUT2D eigenvalue weighted by Crippen LogP contribution is -1.83. The third-order valence-electron chi connectivity index (χ3n) is 5.08. The summed E-state index contributed by atoms with van der Waals surface area (Å²) in [5, 5.41) is 0. The number of allylic oxidation sites excluding steroid dienone is 2. The fourth-order valence-corrected chi connectivity index (χ4v) is 3.36. The standard InChI is InChI=1S/C24H46O/c1-2-3-4-5-6-7-8-9-10-11-12-13-14-15-16-17-18-19-20-21-22-23-24-25/h7-8,24H,2-6,9-23H2,1H3. The van der Waals surface area contributed by atoms with E-state index in [9.17, 15) is 4.79 Å². The fourth-order valence-electron chi connectivity index (χ4n) is 3.36. The Morgan fingerprint density at radius 1 is 0.440 bits per heavy atom. The Bertz CT molecular complexity index is 269. The third-order valence-corrected chi connectivity index (χ3v) is 5.08. The van der Waals surface area contributed by atoms with Crippen molar-refractivity contribution in [1.82, 2.24) is 0 Å². The molecule has 0 aliphatic heterocycles. The minimum absolute atomic E-state index is 0.759. The van der Waals surface area contributed by atoms with Gasteiger partial charge in [-0.25, -0.2) is 0 Å². The molecule has 1 nitrogen and oxygen atoms in total. The van der Waals surface area contributed by atoms with Gasteiger partial charge in [0.25, 0.3) is 0 Å². The number of hydrogen-bond donors (Lipinski definition) is 0. The van der Waals surface area contributed by atoms with E-state index in [0.717, 1.165) is 19.1 Å². The zero-order chi connectivity index (χ0) is 18.3. The van der Waals surface area contributed by atoms with Crippen LogP contribution in [-0.2, 0) is 4.79 Å². The second-order valence-corrected chi connectivity index (χ2v) is 7.66. The van der Waals surface area contributed by atoms with Gasteiger partial charge in [-0.1, -0.05) is 109 Å². The van der Waals surface area contributed by atoms with E-state index in [1.54, 1.807) is 0 Å². The van der Waals surface area contributed by atoms with Crippen LogP contribution in [0.2, 0.25) is 0 Å². The Hall–Kier alpha value is -0.590. The monoisotopic (exact) mass is 350 g/mol. The number of carbonyl (C=O) groups is 1. The maximum absolute atomic E-state index is 10.2. The molecule has 0 unspecified atom stereocenters. The highest BCUT2D eigenvalue weighted by atomic mass is 16.1. The second kappa shape index (κ2) is 23.4. The lowest BCUT2D eigenvalue weighted by molar-refractivity contribution is -0.107. The molecule has 0 aliphatic rings. The first-order valence-corrected chi connectivity index (χ1v) is 11.5. The molecule has 25 heavy (non-hydrogen) atoms. The predicted molar refractivity (Wildman–Crippen MR) is 113 cm³/mol. The minimum atomic E-state index is 0.759. The summed E-state index contributed by atoms with van der Waals surface area (Å²) < 4.78 is 0. The lowest BCUT2D eigenvalue weighted by Gasteiger charge is -2.02. The van der Waals surface area contributed by atoms with Gasteiger partial charge in [-0.15, -0.1) is 0 Å². The van der Waals surface area contributed by atoms with Crippen LogP contribution >= 0.6 is 0 Å². The predicted octanol–water partition coefficient (Wildman–Crippen LogP) is 8.56. The molecule has 0 aromatic heterocycles. The van der Waals surface area contributed by atoms with Crippen LogP contribution < -0.4 is 0 Å². The summed E-state index contributed by atoms with van der Waals surface area (Å²) in [6.45, 7) is 2.28. The van der Waals surface area contributed by atoms with Gasteiger partial charge in [0.05, 0.1) is 0 Å². The topological polar surface area (TPSA) is 17.1 Å². The maximum atomic E-state index is 10.2. The van der Waals surface area contributed by atoms with E-state index in [0.29, 0.717) is 0 Å². The van der Waals surface area contributed by atoms with E-state index in [4.69, 9.17) is 0 Å². The first kappa shape index (κ1) is 24.4. The van der Waals surface area contributed by atoms with Crippen molar-refractivity contribution in [1.29, 1.82) is 0 Å². The molecule has 0 spiro atoms. The summed E-state index contributed by atoms with van der Waals surface area (Å²) >= 11 is 0. The van der Waals surface area contributed by atoms with Crippen molar-refractivity contribution in [2.45, 2.75) is 135 Å². The van der Waals surface area contributed by atoms with Gasteiger partial charge in [0, 0.05) is 6.42 Å². The Kier molecular flexibility index (Phi) is 22.9. The maximum Gasteiger partial charge on any atom is 0.119 e. The van der Waals surface area contributed by atoms with Crippen molar-refractivity contribution >= 4 is 6.29 Å². The fraction of sp³-hybridized carbons (Fsp3) is 0.875. The summed E-state index contributed by atoms with van der Waals surface area (Å²) in [6.07, 6.45) is 32.5. The van der Waals surface area contributed by atoms with Gasteiger partial charge in [0.2, 0.25) is 0 Å². The molecular weight excluding hydrogens is 304 g/mol. The number of rotatable bonds is 21. The zero-order valence-electron chi connectivity index (χ0n) is 17.3. The first-order valence-electron chi connectivity index (χ1n) is 11.5. The van der Waals surface area contributed by atoms with E-state index >= 15 is 0 Å². The van der Waals surface area contributed by atoms with Gasteiger partial charge in [-0.3, -0.25) is 0 Å². The van der Waals surface area contributed by atoms with Crippen LogP contribution in [0.3, 0.4) is 0 Å². The van der Waals surface area contributed by atoms with Crippen molar-refractivity contribution in [3.05, 3.63) is 12.2 Å². The molecule has 0 heterocycles.